The van der Waals surface area contributed by atoms with E-state index in [1.54, 1.807) is 0 Å². The Balaban J connectivity index is 1.76. The SMILES string of the molecule is CCCCCCn1ccnc1NC1CC1. The standard InChI is InChI=1S/C12H21N3/c1-2-3-4-5-9-15-10-8-13-12(15)14-11-6-7-11/h8,10-11H,2-7,9H2,1H3,(H,13,14). The number of nitrogens with zero attached hydrogens (tertiary/aromatic N) is 2. The molecule has 1 fully saturated rings. The van der Waals surface area contributed by atoms with Crippen LogP contribution in [0.5, 0.6) is 0 Å². The summed E-state index contributed by atoms with van der Waals surface area (Å²) in [7, 11) is 0. The third kappa shape index (κ3) is 3.26. The average molecular weight is 207 g/mol. The molecule has 0 atom stereocenters. The summed E-state index contributed by atoms with van der Waals surface area (Å²) in [6, 6.07) is 0.696. The molecule has 0 radical (unpaired) electrons. The van der Waals surface area contributed by atoms with Gasteiger partial charge in [0.15, 0.2) is 0 Å². The summed E-state index contributed by atoms with van der Waals surface area (Å²) in [5, 5.41) is 3.46. The number of rotatable bonds is 7. The minimum atomic E-state index is 0.696. The van der Waals surface area contributed by atoms with Crippen molar-refractivity contribution in [1.29, 1.82) is 0 Å². The molecule has 0 bridgehead atoms. The first kappa shape index (κ1) is 10.5. The zero-order valence-electron chi connectivity index (χ0n) is 9.58. The van der Waals surface area contributed by atoms with Crippen molar-refractivity contribution >= 4 is 5.95 Å². The molecule has 3 heteroatoms. The lowest BCUT2D eigenvalue weighted by Crippen LogP contribution is -2.09. The van der Waals surface area contributed by atoms with E-state index >= 15 is 0 Å². The first-order chi connectivity index (χ1) is 7.40. The van der Waals surface area contributed by atoms with Gasteiger partial charge in [-0.05, 0) is 19.3 Å². The van der Waals surface area contributed by atoms with E-state index < -0.39 is 0 Å². The molecule has 2 rings (SSSR count). The van der Waals surface area contributed by atoms with E-state index in [2.05, 4.69) is 28.0 Å². The second kappa shape index (κ2) is 5.19. The Morgan fingerprint density at radius 3 is 3.00 bits per heavy atom. The smallest absolute Gasteiger partial charge is 0.202 e. The highest BCUT2D eigenvalue weighted by atomic mass is 15.2. The first-order valence-electron chi connectivity index (χ1n) is 6.18. The zero-order chi connectivity index (χ0) is 10.5. The molecule has 0 unspecified atom stereocenters. The molecular weight excluding hydrogens is 186 g/mol. The van der Waals surface area contributed by atoms with Crippen LogP contribution in [0.4, 0.5) is 5.95 Å². The molecule has 0 spiro atoms. The maximum atomic E-state index is 4.35. The van der Waals surface area contributed by atoms with Gasteiger partial charge in [0.2, 0.25) is 5.95 Å². The van der Waals surface area contributed by atoms with Crippen LogP contribution in [0.25, 0.3) is 0 Å². The molecule has 1 aliphatic carbocycles. The maximum absolute atomic E-state index is 4.35. The second-order valence-electron chi connectivity index (χ2n) is 4.42. The summed E-state index contributed by atoms with van der Waals surface area (Å²) in [6.45, 7) is 3.35. The Kier molecular flexibility index (Phi) is 3.64. The summed E-state index contributed by atoms with van der Waals surface area (Å²) in [5.74, 6) is 1.06. The van der Waals surface area contributed by atoms with E-state index in [0.29, 0.717) is 6.04 Å². The topological polar surface area (TPSA) is 29.9 Å². The van der Waals surface area contributed by atoms with Crippen molar-refractivity contribution < 1.29 is 0 Å². The molecule has 1 aromatic rings. The normalized spacial score (nSPS) is 15.5. The van der Waals surface area contributed by atoms with Crippen LogP contribution in [0.1, 0.15) is 45.4 Å². The summed E-state index contributed by atoms with van der Waals surface area (Å²) in [5.41, 5.74) is 0. The van der Waals surface area contributed by atoms with Crippen LogP contribution in [-0.2, 0) is 6.54 Å². The van der Waals surface area contributed by atoms with Crippen LogP contribution >= 0.6 is 0 Å². The van der Waals surface area contributed by atoms with Crippen molar-refractivity contribution in [3.8, 4) is 0 Å². The molecule has 1 aromatic heterocycles. The van der Waals surface area contributed by atoms with E-state index in [4.69, 9.17) is 0 Å². The van der Waals surface area contributed by atoms with Crippen LogP contribution in [0.3, 0.4) is 0 Å². The minimum absolute atomic E-state index is 0.696. The van der Waals surface area contributed by atoms with Crippen molar-refractivity contribution in [1.82, 2.24) is 9.55 Å². The van der Waals surface area contributed by atoms with E-state index in [9.17, 15) is 0 Å². The zero-order valence-corrected chi connectivity index (χ0v) is 9.58. The Morgan fingerprint density at radius 2 is 2.27 bits per heavy atom. The van der Waals surface area contributed by atoms with Crippen LogP contribution in [0.15, 0.2) is 12.4 Å². The third-order valence-electron chi connectivity index (χ3n) is 2.88. The van der Waals surface area contributed by atoms with E-state index in [-0.39, 0.29) is 0 Å². The van der Waals surface area contributed by atoms with Gasteiger partial charge in [-0.25, -0.2) is 4.98 Å². The number of nitrogens with one attached hydrogen (secondary N) is 1. The Morgan fingerprint density at radius 1 is 1.40 bits per heavy atom. The fourth-order valence-corrected chi connectivity index (χ4v) is 1.75. The number of aryl methyl sites for hydroxylation is 1. The molecule has 84 valence electrons. The van der Waals surface area contributed by atoms with E-state index in [0.717, 1.165) is 12.5 Å². The van der Waals surface area contributed by atoms with Gasteiger partial charge in [-0.15, -0.1) is 0 Å². The lowest BCUT2D eigenvalue weighted by atomic mass is 10.2. The van der Waals surface area contributed by atoms with Crippen LogP contribution in [0, 0.1) is 0 Å². The van der Waals surface area contributed by atoms with Crippen molar-refractivity contribution in [3.05, 3.63) is 12.4 Å². The molecule has 3 nitrogen and oxygen atoms in total. The van der Waals surface area contributed by atoms with Gasteiger partial charge in [-0.1, -0.05) is 26.2 Å². The Hall–Kier alpha value is -0.990. The van der Waals surface area contributed by atoms with Crippen LogP contribution in [0.2, 0.25) is 0 Å². The van der Waals surface area contributed by atoms with Gasteiger partial charge in [-0.3, -0.25) is 0 Å². The number of imidazole rings is 1. The largest absolute Gasteiger partial charge is 0.353 e. The van der Waals surface area contributed by atoms with Crippen molar-refractivity contribution in [2.24, 2.45) is 0 Å². The van der Waals surface area contributed by atoms with Crippen molar-refractivity contribution in [2.75, 3.05) is 5.32 Å². The highest BCUT2D eigenvalue weighted by Crippen LogP contribution is 2.23. The quantitative estimate of drug-likeness (QED) is 0.696. The third-order valence-corrected chi connectivity index (χ3v) is 2.88. The molecule has 0 aromatic carbocycles. The molecule has 0 amide bonds. The fourth-order valence-electron chi connectivity index (χ4n) is 1.75. The lowest BCUT2D eigenvalue weighted by Gasteiger charge is -2.08. The molecule has 1 N–H and O–H groups in total. The van der Waals surface area contributed by atoms with Gasteiger partial charge in [0, 0.05) is 25.0 Å². The highest BCUT2D eigenvalue weighted by Gasteiger charge is 2.22. The molecule has 0 saturated heterocycles. The number of aromatic nitrogens is 2. The fraction of sp³-hybridized carbons (Fsp3) is 0.750. The predicted octanol–water partition coefficient (Wildman–Crippen LogP) is 3.04. The lowest BCUT2D eigenvalue weighted by molar-refractivity contribution is 0.585. The molecule has 1 aliphatic rings. The maximum Gasteiger partial charge on any atom is 0.202 e. The molecular formula is C12H21N3. The number of unbranched alkanes of at least 4 members (excludes halogenated alkanes) is 3. The number of hydrogen-bond acceptors (Lipinski definition) is 2. The minimum Gasteiger partial charge on any atom is -0.353 e. The first-order valence-corrected chi connectivity index (χ1v) is 6.18. The Labute approximate surface area is 91.9 Å². The van der Waals surface area contributed by atoms with Gasteiger partial charge in [0.05, 0.1) is 0 Å². The summed E-state index contributed by atoms with van der Waals surface area (Å²) in [4.78, 5) is 4.35. The summed E-state index contributed by atoms with van der Waals surface area (Å²) >= 11 is 0. The molecule has 1 heterocycles. The Bertz CT molecular complexity index is 289. The molecule has 15 heavy (non-hydrogen) atoms. The highest BCUT2D eigenvalue weighted by molar-refractivity contribution is 5.29. The van der Waals surface area contributed by atoms with Crippen LogP contribution in [-0.4, -0.2) is 15.6 Å². The monoisotopic (exact) mass is 207 g/mol. The second-order valence-corrected chi connectivity index (χ2v) is 4.42. The van der Waals surface area contributed by atoms with Gasteiger partial charge in [-0.2, -0.15) is 0 Å². The summed E-state index contributed by atoms with van der Waals surface area (Å²) < 4.78 is 2.24. The number of hydrogen-bond donors (Lipinski definition) is 1. The predicted molar refractivity (Wildman–Crippen MR) is 63.0 cm³/mol. The molecule has 1 saturated carbocycles. The van der Waals surface area contributed by atoms with Crippen LogP contribution < -0.4 is 5.32 Å². The van der Waals surface area contributed by atoms with Crippen molar-refractivity contribution in [2.45, 2.75) is 58.0 Å². The van der Waals surface area contributed by atoms with Gasteiger partial charge < -0.3 is 9.88 Å². The van der Waals surface area contributed by atoms with Gasteiger partial charge >= 0.3 is 0 Å². The van der Waals surface area contributed by atoms with Crippen molar-refractivity contribution in [3.63, 3.8) is 0 Å². The average Bonchev–Trinajstić information content (AvgIpc) is 2.94. The van der Waals surface area contributed by atoms with E-state index in [1.807, 2.05) is 6.20 Å². The van der Waals surface area contributed by atoms with E-state index in [1.165, 1.54) is 38.5 Å². The van der Waals surface area contributed by atoms with Gasteiger partial charge in [0.1, 0.15) is 0 Å². The summed E-state index contributed by atoms with van der Waals surface area (Å²) in [6.07, 6.45) is 11.8. The molecule has 0 aliphatic heterocycles. The van der Waals surface area contributed by atoms with Gasteiger partial charge in [0.25, 0.3) is 0 Å². The number of anilines is 1.